The van der Waals surface area contributed by atoms with Crippen LogP contribution in [0, 0.1) is 5.92 Å². The van der Waals surface area contributed by atoms with Gasteiger partial charge in [-0.15, -0.1) is 0 Å². The number of hydrogen-bond donors (Lipinski definition) is 1. The summed E-state index contributed by atoms with van der Waals surface area (Å²) < 4.78 is 11.7. The Labute approximate surface area is 162 Å². The summed E-state index contributed by atoms with van der Waals surface area (Å²) in [4.78, 5) is 17.5. The second-order valence-electron chi connectivity index (χ2n) is 7.43. The molecule has 0 unspecified atom stereocenters. The van der Waals surface area contributed by atoms with Gasteiger partial charge in [0.15, 0.2) is 0 Å². The lowest BCUT2D eigenvalue weighted by molar-refractivity contribution is -0.140. The predicted octanol–water partition coefficient (Wildman–Crippen LogP) is 5.19. The Bertz CT molecular complexity index is 760. The summed E-state index contributed by atoms with van der Waals surface area (Å²) in [6, 6.07) is 7.57. The van der Waals surface area contributed by atoms with E-state index in [0.717, 1.165) is 35.2 Å². The van der Waals surface area contributed by atoms with Crippen molar-refractivity contribution in [3.8, 4) is 5.75 Å². The van der Waals surface area contributed by atoms with Gasteiger partial charge in [0.1, 0.15) is 16.9 Å². The summed E-state index contributed by atoms with van der Waals surface area (Å²) in [6.45, 7) is 11.2. The summed E-state index contributed by atoms with van der Waals surface area (Å²) in [5.74, 6) is 0.953. The number of anilines is 1. The molecule has 1 heterocycles. The number of unbranched alkanes of at least 4 members (excludes halogenated alkanes) is 1. The molecule has 2 rings (SSSR count). The number of amides is 1. The van der Waals surface area contributed by atoms with Crippen LogP contribution in [-0.4, -0.2) is 29.7 Å². The molecule has 0 saturated heterocycles. The molecular weight excluding hydrogens is 340 g/mol. The molecule has 148 valence electrons. The molecule has 0 fully saturated rings. The monoisotopic (exact) mass is 372 g/mol. The molecule has 1 atom stereocenters. The van der Waals surface area contributed by atoms with Gasteiger partial charge < -0.3 is 14.8 Å². The number of pyridine rings is 1. The molecule has 0 spiro atoms. The van der Waals surface area contributed by atoms with Crippen LogP contribution in [0.4, 0.5) is 5.69 Å². The zero-order valence-electron chi connectivity index (χ0n) is 17.2. The number of carbonyl (C=O) groups excluding carboxylic acids is 1. The van der Waals surface area contributed by atoms with E-state index < -0.39 is 5.60 Å². The lowest BCUT2D eigenvalue weighted by atomic mass is 9.93. The van der Waals surface area contributed by atoms with E-state index in [9.17, 15) is 4.79 Å². The number of nitrogens with one attached hydrogen (secondary N) is 1. The molecule has 0 aliphatic carbocycles. The maximum absolute atomic E-state index is 13.0. The standard InChI is InChI=1S/C22H32N2O3/c1-6-8-14-26-19-12-11-18(17-10-9-13-23-20(17)19)24-21(25)22(5,27-7-2)15-16(3)4/h9-13,16H,6-8,14-15H2,1-5H3,(H,24,25)/t22-/m0/s1. The molecule has 0 aliphatic heterocycles. The van der Waals surface area contributed by atoms with E-state index in [1.165, 1.54) is 0 Å². The fourth-order valence-corrected chi connectivity index (χ4v) is 3.27. The molecule has 1 aromatic heterocycles. The Morgan fingerprint density at radius 1 is 1.26 bits per heavy atom. The van der Waals surface area contributed by atoms with Crippen molar-refractivity contribution in [3.05, 3.63) is 30.5 Å². The zero-order valence-corrected chi connectivity index (χ0v) is 17.2. The van der Waals surface area contributed by atoms with Crippen molar-refractivity contribution in [2.24, 2.45) is 5.92 Å². The maximum Gasteiger partial charge on any atom is 0.256 e. The van der Waals surface area contributed by atoms with Gasteiger partial charge in [-0.1, -0.05) is 27.2 Å². The Morgan fingerprint density at radius 2 is 2.04 bits per heavy atom. The molecule has 0 aliphatic rings. The number of hydrogen-bond acceptors (Lipinski definition) is 4. The van der Waals surface area contributed by atoms with Gasteiger partial charge in [-0.05, 0) is 56.9 Å². The zero-order chi connectivity index (χ0) is 19.9. The van der Waals surface area contributed by atoms with Gasteiger partial charge in [-0.2, -0.15) is 0 Å². The molecular formula is C22H32N2O3. The van der Waals surface area contributed by atoms with E-state index >= 15 is 0 Å². The molecule has 27 heavy (non-hydrogen) atoms. The van der Waals surface area contributed by atoms with Crippen molar-refractivity contribution in [3.63, 3.8) is 0 Å². The average Bonchev–Trinajstić information content (AvgIpc) is 2.63. The van der Waals surface area contributed by atoms with Crippen LogP contribution in [0.2, 0.25) is 0 Å². The first-order valence-corrected chi connectivity index (χ1v) is 9.87. The number of ether oxygens (including phenoxy) is 2. The number of fused-ring (bicyclic) bond motifs is 1. The van der Waals surface area contributed by atoms with Crippen LogP contribution in [-0.2, 0) is 9.53 Å². The molecule has 5 nitrogen and oxygen atoms in total. The van der Waals surface area contributed by atoms with Gasteiger partial charge in [0.25, 0.3) is 5.91 Å². The van der Waals surface area contributed by atoms with Gasteiger partial charge >= 0.3 is 0 Å². The van der Waals surface area contributed by atoms with E-state index in [-0.39, 0.29) is 5.91 Å². The van der Waals surface area contributed by atoms with Crippen molar-refractivity contribution >= 4 is 22.5 Å². The number of aromatic nitrogens is 1. The molecule has 0 saturated carbocycles. The van der Waals surface area contributed by atoms with E-state index in [1.807, 2.05) is 38.1 Å². The third kappa shape index (κ3) is 5.42. The number of benzene rings is 1. The van der Waals surface area contributed by atoms with Crippen molar-refractivity contribution in [2.45, 2.75) is 59.5 Å². The SMILES string of the molecule is CCCCOc1ccc(NC(=O)[C@](C)(CC(C)C)OCC)c2cccnc12. The first-order valence-electron chi connectivity index (χ1n) is 9.87. The quantitative estimate of drug-likeness (QED) is 0.583. The molecule has 1 N–H and O–H groups in total. The van der Waals surface area contributed by atoms with Crippen molar-refractivity contribution in [1.29, 1.82) is 0 Å². The number of carbonyl (C=O) groups is 1. The minimum absolute atomic E-state index is 0.136. The Morgan fingerprint density at radius 3 is 2.70 bits per heavy atom. The van der Waals surface area contributed by atoms with Crippen LogP contribution in [0.1, 0.15) is 53.9 Å². The number of rotatable bonds is 10. The predicted molar refractivity (Wildman–Crippen MR) is 110 cm³/mol. The highest BCUT2D eigenvalue weighted by atomic mass is 16.5. The number of nitrogens with zero attached hydrogens (tertiary/aromatic N) is 1. The molecule has 0 bridgehead atoms. The molecule has 2 aromatic rings. The van der Waals surface area contributed by atoms with E-state index in [4.69, 9.17) is 9.47 Å². The normalized spacial score (nSPS) is 13.6. The van der Waals surface area contributed by atoms with Crippen LogP contribution in [0.15, 0.2) is 30.5 Å². The van der Waals surface area contributed by atoms with Crippen LogP contribution in [0.3, 0.4) is 0 Å². The second kappa shape index (κ2) is 9.70. The molecule has 1 amide bonds. The smallest absolute Gasteiger partial charge is 0.256 e. The van der Waals surface area contributed by atoms with E-state index in [1.54, 1.807) is 6.20 Å². The van der Waals surface area contributed by atoms with Gasteiger partial charge in [0.2, 0.25) is 0 Å². The van der Waals surface area contributed by atoms with Gasteiger partial charge in [-0.25, -0.2) is 0 Å². The topological polar surface area (TPSA) is 60.5 Å². The minimum atomic E-state index is -0.867. The third-order valence-corrected chi connectivity index (χ3v) is 4.48. The first kappa shape index (κ1) is 21.2. The highest BCUT2D eigenvalue weighted by molar-refractivity contribution is 6.05. The van der Waals surface area contributed by atoms with Crippen molar-refractivity contribution in [2.75, 3.05) is 18.5 Å². The molecule has 0 radical (unpaired) electrons. The highest BCUT2D eigenvalue weighted by Crippen LogP contribution is 2.31. The van der Waals surface area contributed by atoms with E-state index in [0.29, 0.717) is 25.6 Å². The summed E-state index contributed by atoms with van der Waals surface area (Å²) in [5.41, 5.74) is 0.613. The fraction of sp³-hybridized carbons (Fsp3) is 0.545. The summed E-state index contributed by atoms with van der Waals surface area (Å²) in [6.07, 6.45) is 4.46. The van der Waals surface area contributed by atoms with Crippen molar-refractivity contribution in [1.82, 2.24) is 4.98 Å². The maximum atomic E-state index is 13.0. The van der Waals surface area contributed by atoms with Gasteiger partial charge in [-0.3, -0.25) is 9.78 Å². The summed E-state index contributed by atoms with van der Waals surface area (Å²) in [5, 5.41) is 3.91. The van der Waals surface area contributed by atoms with Crippen LogP contribution in [0.25, 0.3) is 10.9 Å². The average molecular weight is 373 g/mol. The fourth-order valence-electron chi connectivity index (χ4n) is 3.27. The van der Waals surface area contributed by atoms with Crippen LogP contribution >= 0.6 is 0 Å². The second-order valence-corrected chi connectivity index (χ2v) is 7.43. The summed E-state index contributed by atoms with van der Waals surface area (Å²) in [7, 11) is 0. The molecule has 1 aromatic carbocycles. The Hall–Kier alpha value is -2.14. The first-order chi connectivity index (χ1) is 12.9. The third-order valence-electron chi connectivity index (χ3n) is 4.48. The lowest BCUT2D eigenvalue weighted by Gasteiger charge is -2.30. The van der Waals surface area contributed by atoms with E-state index in [2.05, 4.69) is 31.1 Å². The Kier molecular flexibility index (Phi) is 7.60. The lowest BCUT2D eigenvalue weighted by Crippen LogP contribution is -2.44. The van der Waals surface area contributed by atoms with Crippen LogP contribution in [0.5, 0.6) is 5.75 Å². The van der Waals surface area contributed by atoms with Crippen molar-refractivity contribution < 1.29 is 14.3 Å². The largest absolute Gasteiger partial charge is 0.491 e. The minimum Gasteiger partial charge on any atom is -0.491 e. The van der Waals surface area contributed by atoms with Gasteiger partial charge in [0.05, 0.1) is 12.3 Å². The molecule has 5 heteroatoms. The van der Waals surface area contributed by atoms with Crippen LogP contribution < -0.4 is 10.1 Å². The summed E-state index contributed by atoms with van der Waals surface area (Å²) >= 11 is 0. The Balaban J connectivity index is 2.30. The highest BCUT2D eigenvalue weighted by Gasteiger charge is 2.35. The van der Waals surface area contributed by atoms with Gasteiger partial charge in [0, 0.05) is 18.2 Å².